The van der Waals surface area contributed by atoms with Crippen LogP contribution in [0, 0.1) is 0 Å². The monoisotopic (exact) mass is 297 g/mol. The van der Waals surface area contributed by atoms with Gasteiger partial charge in [0.25, 0.3) is 0 Å². The highest BCUT2D eigenvalue weighted by Gasteiger charge is 2.32. The van der Waals surface area contributed by atoms with Gasteiger partial charge in [0.15, 0.2) is 5.79 Å². The van der Waals surface area contributed by atoms with E-state index in [9.17, 15) is 0 Å². The Hall–Kier alpha value is -0.610. The van der Waals surface area contributed by atoms with Crippen LogP contribution in [-0.4, -0.2) is 25.0 Å². The first-order chi connectivity index (χ1) is 9.50. The van der Waals surface area contributed by atoms with Crippen LogP contribution in [-0.2, 0) is 9.47 Å². The second kappa shape index (κ2) is 6.90. The summed E-state index contributed by atoms with van der Waals surface area (Å²) in [5.74, 6) is -0.452. The average Bonchev–Trinajstić information content (AvgIpc) is 2.75. The Morgan fingerprint density at radius 1 is 1.35 bits per heavy atom. The third kappa shape index (κ3) is 4.45. The predicted molar refractivity (Wildman–Crippen MR) is 82.0 cm³/mol. The molecule has 0 bridgehead atoms. The summed E-state index contributed by atoms with van der Waals surface area (Å²) in [6.45, 7) is 7.56. The molecule has 0 aliphatic carbocycles. The number of hydrogen-bond acceptors (Lipinski definition) is 3. The lowest BCUT2D eigenvalue weighted by Gasteiger charge is -2.22. The van der Waals surface area contributed by atoms with Crippen LogP contribution in [0.5, 0.6) is 0 Å². The zero-order chi connectivity index (χ0) is 14.6. The minimum atomic E-state index is -0.452. The van der Waals surface area contributed by atoms with Crippen molar-refractivity contribution in [3.8, 4) is 0 Å². The van der Waals surface area contributed by atoms with Gasteiger partial charge in [0.2, 0.25) is 0 Å². The molecule has 20 heavy (non-hydrogen) atoms. The SMILES string of the molecule is CCCC(NCC1COC(C)(C)O1)c1ccc(Cl)cc1. The van der Waals surface area contributed by atoms with Gasteiger partial charge in [-0.15, -0.1) is 0 Å². The summed E-state index contributed by atoms with van der Waals surface area (Å²) in [7, 11) is 0. The summed E-state index contributed by atoms with van der Waals surface area (Å²) in [6.07, 6.45) is 2.35. The zero-order valence-corrected chi connectivity index (χ0v) is 13.2. The molecule has 0 saturated carbocycles. The number of halogens is 1. The van der Waals surface area contributed by atoms with Crippen molar-refractivity contribution < 1.29 is 9.47 Å². The van der Waals surface area contributed by atoms with Crippen LogP contribution >= 0.6 is 11.6 Å². The molecule has 1 aliphatic heterocycles. The van der Waals surface area contributed by atoms with E-state index in [2.05, 4.69) is 24.4 Å². The highest BCUT2D eigenvalue weighted by Crippen LogP contribution is 2.24. The molecule has 0 radical (unpaired) electrons. The molecular formula is C16H24ClNO2. The van der Waals surface area contributed by atoms with E-state index in [1.54, 1.807) is 0 Å². The second-order valence-electron chi connectivity index (χ2n) is 5.75. The first kappa shape index (κ1) is 15.8. The zero-order valence-electron chi connectivity index (χ0n) is 12.5. The molecule has 1 heterocycles. The van der Waals surface area contributed by atoms with Gasteiger partial charge in [0, 0.05) is 17.6 Å². The smallest absolute Gasteiger partial charge is 0.163 e. The quantitative estimate of drug-likeness (QED) is 0.863. The average molecular weight is 298 g/mol. The first-order valence-corrected chi connectivity index (χ1v) is 7.68. The van der Waals surface area contributed by atoms with Crippen molar-refractivity contribution in [3.63, 3.8) is 0 Å². The molecule has 0 aromatic heterocycles. The van der Waals surface area contributed by atoms with Crippen LogP contribution in [0.3, 0.4) is 0 Å². The van der Waals surface area contributed by atoms with Crippen LogP contribution in [0.1, 0.15) is 45.2 Å². The van der Waals surface area contributed by atoms with Gasteiger partial charge in [0.05, 0.1) is 12.7 Å². The molecule has 1 saturated heterocycles. The van der Waals surface area contributed by atoms with Crippen molar-refractivity contribution in [2.24, 2.45) is 0 Å². The van der Waals surface area contributed by atoms with Crippen molar-refractivity contribution >= 4 is 11.6 Å². The highest BCUT2D eigenvalue weighted by atomic mass is 35.5. The molecule has 1 fully saturated rings. The fourth-order valence-electron chi connectivity index (χ4n) is 2.51. The molecule has 1 aromatic rings. The highest BCUT2D eigenvalue weighted by molar-refractivity contribution is 6.30. The van der Waals surface area contributed by atoms with Gasteiger partial charge in [-0.25, -0.2) is 0 Å². The topological polar surface area (TPSA) is 30.5 Å². The Labute approximate surface area is 126 Å². The fraction of sp³-hybridized carbons (Fsp3) is 0.625. The maximum absolute atomic E-state index is 5.95. The summed E-state index contributed by atoms with van der Waals surface area (Å²) in [6, 6.07) is 8.40. The lowest BCUT2D eigenvalue weighted by atomic mass is 10.0. The number of nitrogens with one attached hydrogen (secondary N) is 1. The van der Waals surface area contributed by atoms with Crippen molar-refractivity contribution in [2.45, 2.75) is 51.5 Å². The molecule has 2 unspecified atom stereocenters. The van der Waals surface area contributed by atoms with Gasteiger partial charge in [-0.1, -0.05) is 37.1 Å². The normalized spacial score (nSPS) is 22.9. The van der Waals surface area contributed by atoms with E-state index < -0.39 is 5.79 Å². The van der Waals surface area contributed by atoms with Gasteiger partial charge in [-0.2, -0.15) is 0 Å². The van der Waals surface area contributed by atoms with Gasteiger partial charge < -0.3 is 14.8 Å². The summed E-state index contributed by atoms with van der Waals surface area (Å²) in [4.78, 5) is 0. The molecule has 0 amide bonds. The van der Waals surface area contributed by atoms with Gasteiger partial charge in [-0.3, -0.25) is 0 Å². The van der Waals surface area contributed by atoms with Crippen LogP contribution in [0.15, 0.2) is 24.3 Å². The Kier molecular flexibility index (Phi) is 5.44. The third-order valence-corrected chi connectivity index (χ3v) is 3.76. The van der Waals surface area contributed by atoms with Crippen molar-refractivity contribution in [3.05, 3.63) is 34.9 Å². The summed E-state index contributed by atoms with van der Waals surface area (Å²) in [5.41, 5.74) is 1.27. The van der Waals surface area contributed by atoms with Crippen LogP contribution in [0.25, 0.3) is 0 Å². The number of benzene rings is 1. The summed E-state index contributed by atoms with van der Waals surface area (Å²) >= 11 is 5.95. The Balaban J connectivity index is 1.91. The van der Waals surface area contributed by atoms with E-state index in [4.69, 9.17) is 21.1 Å². The lowest BCUT2D eigenvalue weighted by Crippen LogP contribution is -2.33. The van der Waals surface area contributed by atoms with E-state index in [-0.39, 0.29) is 6.10 Å². The Morgan fingerprint density at radius 2 is 2.05 bits per heavy atom. The molecule has 1 aromatic carbocycles. The van der Waals surface area contributed by atoms with Gasteiger partial charge in [-0.05, 0) is 38.0 Å². The van der Waals surface area contributed by atoms with Crippen LogP contribution in [0.4, 0.5) is 0 Å². The maximum Gasteiger partial charge on any atom is 0.163 e. The van der Waals surface area contributed by atoms with Crippen molar-refractivity contribution in [1.82, 2.24) is 5.32 Å². The molecule has 0 spiro atoms. The summed E-state index contributed by atoms with van der Waals surface area (Å²) < 4.78 is 11.4. The molecule has 1 aliphatic rings. The van der Waals surface area contributed by atoms with E-state index in [0.29, 0.717) is 12.6 Å². The Bertz CT molecular complexity index is 419. The third-order valence-electron chi connectivity index (χ3n) is 3.51. The minimum Gasteiger partial charge on any atom is -0.348 e. The number of ether oxygens (including phenoxy) is 2. The van der Waals surface area contributed by atoms with Crippen molar-refractivity contribution in [1.29, 1.82) is 0 Å². The van der Waals surface area contributed by atoms with E-state index >= 15 is 0 Å². The van der Waals surface area contributed by atoms with Crippen LogP contribution in [0.2, 0.25) is 5.02 Å². The van der Waals surface area contributed by atoms with Gasteiger partial charge >= 0.3 is 0 Å². The standard InChI is InChI=1S/C16H24ClNO2/c1-4-5-15(12-6-8-13(17)9-7-12)18-10-14-11-19-16(2,3)20-14/h6-9,14-15,18H,4-5,10-11H2,1-3H3. The van der Waals surface area contributed by atoms with E-state index in [1.165, 1.54) is 5.56 Å². The first-order valence-electron chi connectivity index (χ1n) is 7.31. The van der Waals surface area contributed by atoms with E-state index in [0.717, 1.165) is 24.4 Å². The molecule has 3 nitrogen and oxygen atoms in total. The number of rotatable bonds is 6. The lowest BCUT2D eigenvalue weighted by molar-refractivity contribution is -0.137. The largest absolute Gasteiger partial charge is 0.348 e. The van der Waals surface area contributed by atoms with Crippen molar-refractivity contribution in [2.75, 3.05) is 13.2 Å². The second-order valence-corrected chi connectivity index (χ2v) is 6.19. The predicted octanol–water partition coefficient (Wildman–Crippen LogP) is 3.92. The Morgan fingerprint density at radius 3 is 2.60 bits per heavy atom. The molecule has 2 rings (SSSR count). The number of hydrogen-bond donors (Lipinski definition) is 1. The van der Waals surface area contributed by atoms with Gasteiger partial charge in [0.1, 0.15) is 0 Å². The molecule has 2 atom stereocenters. The molecule has 1 N–H and O–H groups in total. The fourth-order valence-corrected chi connectivity index (χ4v) is 2.63. The van der Waals surface area contributed by atoms with E-state index in [1.807, 2.05) is 26.0 Å². The maximum atomic E-state index is 5.95. The molecule has 4 heteroatoms. The molecule has 112 valence electrons. The molecular weight excluding hydrogens is 274 g/mol. The van der Waals surface area contributed by atoms with Crippen LogP contribution < -0.4 is 5.32 Å². The minimum absolute atomic E-state index is 0.122. The summed E-state index contributed by atoms with van der Waals surface area (Å²) in [5, 5.41) is 4.36.